The maximum atomic E-state index is 12.6. The van der Waals surface area contributed by atoms with Crippen molar-refractivity contribution in [2.24, 2.45) is 0 Å². The van der Waals surface area contributed by atoms with Gasteiger partial charge in [0.25, 0.3) is 0 Å². The quantitative estimate of drug-likeness (QED) is 0.0483. The number of unbranched alkanes of at least 4 members (excludes halogenated alkanes) is 15. The number of esters is 1. The molecule has 1 aliphatic heterocycles. The molecule has 1 heterocycles. The largest absolute Gasteiger partial charge is 0.454 e. The van der Waals surface area contributed by atoms with Crippen molar-refractivity contribution < 1.29 is 39.1 Å². The number of aliphatic hydroxyl groups excluding tert-OH is 3. The lowest BCUT2D eigenvalue weighted by Crippen LogP contribution is -2.60. The van der Waals surface area contributed by atoms with Gasteiger partial charge in [-0.2, -0.15) is 0 Å². The van der Waals surface area contributed by atoms with Crippen LogP contribution in [0.2, 0.25) is 0 Å². The van der Waals surface area contributed by atoms with Crippen molar-refractivity contribution in [3.8, 4) is 0 Å². The first-order valence-corrected chi connectivity index (χ1v) is 17.6. The van der Waals surface area contributed by atoms with Gasteiger partial charge in [-0.1, -0.05) is 109 Å². The molecule has 6 atom stereocenters. The number of allylic oxidation sites excluding steroid dienone is 2. The summed E-state index contributed by atoms with van der Waals surface area (Å²) in [5.74, 6) is -0.445. The summed E-state index contributed by atoms with van der Waals surface area (Å²) in [5, 5.41) is 30.9. The number of rotatable bonds is 28. The van der Waals surface area contributed by atoms with E-state index >= 15 is 0 Å². The van der Waals surface area contributed by atoms with E-state index in [1.165, 1.54) is 83.5 Å². The third kappa shape index (κ3) is 19.2. The van der Waals surface area contributed by atoms with E-state index in [9.17, 15) is 20.1 Å². The number of aliphatic hydroxyl groups is 3. The molecular formula is C35H66O8. The van der Waals surface area contributed by atoms with Crippen LogP contribution in [-0.2, 0) is 23.7 Å². The van der Waals surface area contributed by atoms with Crippen LogP contribution in [0.3, 0.4) is 0 Å². The van der Waals surface area contributed by atoms with E-state index in [4.69, 9.17) is 18.9 Å². The van der Waals surface area contributed by atoms with Gasteiger partial charge < -0.3 is 34.3 Å². The molecule has 0 saturated carbocycles. The Morgan fingerprint density at radius 1 is 0.767 bits per heavy atom. The van der Waals surface area contributed by atoms with Crippen LogP contribution in [0, 0.1) is 0 Å². The minimum absolute atomic E-state index is 0.0279. The SMILES string of the molecule is CCCCCC/C=C\CCCCCCCCCC(=O)O[C@@H]1[C@@H](OCC[C@@H](CCCCCCC)OC)[C@H](O)[C@@H](CO)O[C@@H]1O. The predicted octanol–water partition coefficient (Wildman–Crippen LogP) is 7.16. The van der Waals surface area contributed by atoms with Gasteiger partial charge in [0.15, 0.2) is 12.4 Å². The summed E-state index contributed by atoms with van der Waals surface area (Å²) in [7, 11) is 1.69. The van der Waals surface area contributed by atoms with Gasteiger partial charge in [0.05, 0.1) is 12.7 Å². The Balaban J connectivity index is 2.31. The minimum atomic E-state index is -1.48. The van der Waals surface area contributed by atoms with Crippen molar-refractivity contribution in [3.63, 3.8) is 0 Å². The number of methoxy groups -OCH3 is 1. The standard InChI is InChI=1S/C35H66O8/c1-4-6-8-10-11-12-13-14-15-16-17-18-19-21-23-25-31(37)43-34-33(32(38)30(28-36)42-35(34)39)41-27-26-29(40-3)24-22-20-9-7-5-2/h12-13,29-30,32-36,38-39H,4-11,14-28H2,1-3H3/b13-12-/t29-,30-,32-,33+,34-,35+/m1/s1. The molecule has 43 heavy (non-hydrogen) atoms. The van der Waals surface area contributed by atoms with E-state index in [2.05, 4.69) is 26.0 Å². The average Bonchev–Trinajstić information content (AvgIpc) is 3.00. The van der Waals surface area contributed by atoms with Crippen LogP contribution in [0.5, 0.6) is 0 Å². The van der Waals surface area contributed by atoms with E-state index in [1.807, 2.05) is 0 Å². The Kier molecular flexibility index (Phi) is 25.4. The second kappa shape index (κ2) is 27.3. The van der Waals surface area contributed by atoms with Crippen LogP contribution in [0.4, 0.5) is 0 Å². The van der Waals surface area contributed by atoms with Crippen molar-refractivity contribution in [2.45, 2.75) is 185 Å². The Morgan fingerprint density at radius 2 is 1.33 bits per heavy atom. The molecule has 1 fully saturated rings. The van der Waals surface area contributed by atoms with E-state index in [-0.39, 0.29) is 19.1 Å². The van der Waals surface area contributed by atoms with Gasteiger partial charge in [-0.05, 0) is 44.9 Å². The molecule has 0 aromatic carbocycles. The molecule has 0 aliphatic carbocycles. The van der Waals surface area contributed by atoms with Crippen molar-refractivity contribution in [1.82, 2.24) is 0 Å². The van der Waals surface area contributed by atoms with E-state index in [0.717, 1.165) is 32.1 Å². The molecule has 0 aromatic rings. The first-order chi connectivity index (χ1) is 21.0. The summed E-state index contributed by atoms with van der Waals surface area (Å²) in [6.45, 7) is 4.23. The van der Waals surface area contributed by atoms with Crippen LogP contribution in [0.1, 0.15) is 149 Å². The molecule has 0 aromatic heterocycles. The lowest BCUT2D eigenvalue weighted by atomic mass is 9.98. The number of hydrogen-bond acceptors (Lipinski definition) is 8. The third-order valence-corrected chi connectivity index (χ3v) is 8.44. The summed E-state index contributed by atoms with van der Waals surface area (Å²) in [4.78, 5) is 12.6. The van der Waals surface area contributed by atoms with Gasteiger partial charge in [0, 0.05) is 20.1 Å². The van der Waals surface area contributed by atoms with Crippen LogP contribution in [0.15, 0.2) is 12.2 Å². The zero-order chi connectivity index (χ0) is 31.5. The molecule has 1 aliphatic rings. The molecule has 0 spiro atoms. The Morgan fingerprint density at radius 3 is 1.93 bits per heavy atom. The smallest absolute Gasteiger partial charge is 0.306 e. The highest BCUT2D eigenvalue weighted by Gasteiger charge is 2.47. The van der Waals surface area contributed by atoms with Crippen LogP contribution < -0.4 is 0 Å². The number of carbonyl (C=O) groups excluding carboxylic acids is 1. The Hall–Kier alpha value is -1.03. The lowest BCUT2D eigenvalue weighted by molar-refractivity contribution is -0.298. The normalized spacial score (nSPS) is 23.2. The van der Waals surface area contributed by atoms with Crippen LogP contribution in [-0.4, -0.2) is 78.4 Å². The molecule has 8 heteroatoms. The first-order valence-electron chi connectivity index (χ1n) is 17.6. The zero-order valence-electron chi connectivity index (χ0n) is 27.8. The second-order valence-electron chi connectivity index (χ2n) is 12.2. The highest BCUT2D eigenvalue weighted by atomic mass is 16.7. The van der Waals surface area contributed by atoms with Crippen molar-refractivity contribution >= 4 is 5.97 Å². The van der Waals surface area contributed by atoms with Gasteiger partial charge in [-0.15, -0.1) is 0 Å². The van der Waals surface area contributed by atoms with Crippen LogP contribution >= 0.6 is 0 Å². The second-order valence-corrected chi connectivity index (χ2v) is 12.2. The average molecular weight is 615 g/mol. The monoisotopic (exact) mass is 614 g/mol. The van der Waals surface area contributed by atoms with Crippen molar-refractivity contribution in [3.05, 3.63) is 12.2 Å². The fourth-order valence-electron chi connectivity index (χ4n) is 5.62. The fraction of sp³-hybridized carbons (Fsp3) is 0.914. The Labute approximate surface area is 262 Å². The van der Waals surface area contributed by atoms with Gasteiger partial charge >= 0.3 is 5.97 Å². The Bertz CT molecular complexity index is 672. The maximum Gasteiger partial charge on any atom is 0.306 e. The summed E-state index contributed by atoms with van der Waals surface area (Å²) in [6.07, 6.45) is 21.8. The van der Waals surface area contributed by atoms with Gasteiger partial charge in [0.1, 0.15) is 18.3 Å². The number of hydrogen-bond donors (Lipinski definition) is 3. The topological polar surface area (TPSA) is 115 Å². The lowest BCUT2D eigenvalue weighted by Gasteiger charge is -2.41. The predicted molar refractivity (Wildman–Crippen MR) is 172 cm³/mol. The molecule has 3 N–H and O–H groups in total. The molecule has 0 amide bonds. The molecule has 0 radical (unpaired) electrons. The molecular weight excluding hydrogens is 548 g/mol. The highest BCUT2D eigenvalue weighted by Crippen LogP contribution is 2.26. The van der Waals surface area contributed by atoms with Crippen molar-refractivity contribution in [2.75, 3.05) is 20.3 Å². The highest BCUT2D eigenvalue weighted by molar-refractivity contribution is 5.69. The van der Waals surface area contributed by atoms with E-state index in [1.54, 1.807) is 7.11 Å². The molecule has 0 unspecified atom stereocenters. The van der Waals surface area contributed by atoms with Gasteiger partial charge in [-0.3, -0.25) is 4.79 Å². The van der Waals surface area contributed by atoms with Crippen LogP contribution in [0.25, 0.3) is 0 Å². The molecule has 1 saturated heterocycles. The first kappa shape index (κ1) is 40.0. The zero-order valence-corrected chi connectivity index (χ0v) is 27.8. The number of carbonyl (C=O) groups is 1. The summed E-state index contributed by atoms with van der Waals surface area (Å²) in [5.41, 5.74) is 0. The number of ether oxygens (including phenoxy) is 4. The maximum absolute atomic E-state index is 12.6. The minimum Gasteiger partial charge on any atom is -0.454 e. The van der Waals surface area contributed by atoms with Crippen molar-refractivity contribution in [1.29, 1.82) is 0 Å². The summed E-state index contributed by atoms with van der Waals surface area (Å²) < 4.78 is 22.5. The third-order valence-electron chi connectivity index (χ3n) is 8.44. The van der Waals surface area contributed by atoms with E-state index in [0.29, 0.717) is 12.8 Å². The molecule has 254 valence electrons. The van der Waals surface area contributed by atoms with Gasteiger partial charge in [0.2, 0.25) is 0 Å². The molecule has 0 bridgehead atoms. The molecule has 8 nitrogen and oxygen atoms in total. The molecule has 1 rings (SSSR count). The summed E-state index contributed by atoms with van der Waals surface area (Å²) in [6, 6.07) is 0. The fourth-order valence-corrected chi connectivity index (χ4v) is 5.62. The van der Waals surface area contributed by atoms with Gasteiger partial charge in [-0.25, -0.2) is 0 Å². The summed E-state index contributed by atoms with van der Waals surface area (Å²) >= 11 is 0. The van der Waals surface area contributed by atoms with E-state index < -0.39 is 43.3 Å².